The zero-order chi connectivity index (χ0) is 20.5. The van der Waals surface area contributed by atoms with Crippen molar-refractivity contribution in [3.05, 3.63) is 72.3 Å². The molecule has 30 heavy (non-hydrogen) atoms. The normalized spacial score (nSPS) is 16.7. The second-order valence-corrected chi connectivity index (χ2v) is 8.06. The molecule has 7 heteroatoms. The van der Waals surface area contributed by atoms with E-state index in [1.807, 2.05) is 49.4 Å². The fraction of sp³-hybridized carbons (Fsp3) is 0.130. The Hall–Kier alpha value is -3.45. The van der Waals surface area contributed by atoms with Gasteiger partial charge in [0, 0.05) is 9.79 Å². The number of anilines is 2. The van der Waals surface area contributed by atoms with Gasteiger partial charge in [-0.05, 0) is 48.9 Å². The summed E-state index contributed by atoms with van der Waals surface area (Å²) in [7, 11) is 0. The third-order valence-electron chi connectivity index (χ3n) is 4.91. The summed E-state index contributed by atoms with van der Waals surface area (Å²) < 4.78 is 11.3. The second kappa shape index (κ2) is 7.76. The number of hydrazone groups is 1. The molecule has 1 unspecified atom stereocenters. The smallest absolute Gasteiger partial charge is 0.284 e. The largest absolute Gasteiger partial charge is 0.485 e. The lowest BCUT2D eigenvalue weighted by atomic mass is 10.1. The van der Waals surface area contributed by atoms with Crippen LogP contribution in [-0.2, 0) is 4.79 Å². The van der Waals surface area contributed by atoms with Crippen LogP contribution in [0.1, 0.15) is 12.5 Å². The van der Waals surface area contributed by atoms with Gasteiger partial charge < -0.3 is 14.8 Å². The molecule has 150 valence electrons. The lowest BCUT2D eigenvalue weighted by Gasteiger charge is -2.24. The summed E-state index contributed by atoms with van der Waals surface area (Å²) in [6.07, 6.45) is -0.741. The topological polar surface area (TPSA) is 72.0 Å². The molecule has 0 saturated heterocycles. The first-order valence-electron chi connectivity index (χ1n) is 9.58. The quantitative estimate of drug-likeness (QED) is 0.377. The molecule has 3 aromatic rings. The zero-order valence-corrected chi connectivity index (χ0v) is 17.0. The van der Waals surface area contributed by atoms with Gasteiger partial charge in [-0.3, -0.25) is 4.79 Å². The van der Waals surface area contributed by atoms with Crippen LogP contribution in [0.2, 0.25) is 0 Å². The maximum Gasteiger partial charge on any atom is 0.284 e. The summed E-state index contributed by atoms with van der Waals surface area (Å²) in [4.78, 5) is 14.8. The summed E-state index contributed by atoms with van der Waals surface area (Å²) >= 11 is 1.73. The highest BCUT2D eigenvalue weighted by Crippen LogP contribution is 2.44. The van der Waals surface area contributed by atoms with Crippen molar-refractivity contribution in [2.45, 2.75) is 22.8 Å². The van der Waals surface area contributed by atoms with Crippen LogP contribution in [0.15, 0.2) is 81.6 Å². The molecule has 0 aromatic heterocycles. The van der Waals surface area contributed by atoms with Gasteiger partial charge in [0.25, 0.3) is 5.91 Å². The van der Waals surface area contributed by atoms with E-state index in [1.165, 1.54) is 4.90 Å². The Morgan fingerprint density at radius 2 is 1.80 bits per heavy atom. The molecule has 1 atom stereocenters. The number of nitrogens with zero attached hydrogens (tertiary/aromatic N) is 1. The summed E-state index contributed by atoms with van der Waals surface area (Å²) in [6.45, 7) is 2.01. The third kappa shape index (κ3) is 3.59. The van der Waals surface area contributed by atoms with Crippen molar-refractivity contribution in [1.29, 1.82) is 0 Å². The first kappa shape index (κ1) is 18.6. The average molecular weight is 417 g/mol. The van der Waals surface area contributed by atoms with Crippen LogP contribution in [0, 0.1) is 0 Å². The lowest BCUT2D eigenvalue weighted by Crippen LogP contribution is -2.42. The Balaban J connectivity index is 1.28. The number of fused-ring (bicyclic) bond motifs is 3. The van der Waals surface area contributed by atoms with Crippen molar-refractivity contribution in [3.63, 3.8) is 0 Å². The van der Waals surface area contributed by atoms with Crippen molar-refractivity contribution in [3.8, 4) is 11.5 Å². The van der Waals surface area contributed by atoms with E-state index >= 15 is 0 Å². The summed E-state index contributed by atoms with van der Waals surface area (Å²) in [6, 6.07) is 21.6. The number of benzene rings is 3. The number of rotatable bonds is 3. The van der Waals surface area contributed by atoms with Crippen LogP contribution < -0.4 is 20.2 Å². The van der Waals surface area contributed by atoms with Crippen LogP contribution in [0.3, 0.4) is 0 Å². The van der Waals surface area contributed by atoms with Crippen LogP contribution in [-0.4, -0.2) is 24.3 Å². The first-order valence-corrected chi connectivity index (χ1v) is 10.4. The lowest BCUT2D eigenvalue weighted by molar-refractivity contribution is -0.130. The van der Waals surface area contributed by atoms with Gasteiger partial charge in [0.05, 0.1) is 17.1 Å². The molecular weight excluding hydrogens is 398 g/mol. The minimum absolute atomic E-state index is 0.150. The highest BCUT2D eigenvalue weighted by molar-refractivity contribution is 7.99. The number of ether oxygens (including phenoxy) is 2. The van der Waals surface area contributed by atoms with E-state index in [0.717, 1.165) is 21.8 Å². The number of carbonyl (C=O) groups excluding carboxylic acids is 1. The molecule has 0 saturated carbocycles. The predicted octanol–water partition coefficient (Wildman–Crippen LogP) is 4.58. The maximum absolute atomic E-state index is 12.5. The van der Waals surface area contributed by atoms with E-state index in [2.05, 4.69) is 34.0 Å². The van der Waals surface area contributed by atoms with Gasteiger partial charge in [0.1, 0.15) is 6.61 Å². The zero-order valence-electron chi connectivity index (χ0n) is 16.2. The van der Waals surface area contributed by atoms with Gasteiger partial charge in [-0.1, -0.05) is 42.1 Å². The number of para-hydroxylation sites is 3. The molecule has 0 bridgehead atoms. The number of hydrogen-bond donors (Lipinski definition) is 2. The molecule has 0 aliphatic carbocycles. The number of nitrogens with one attached hydrogen (secondary N) is 2. The Morgan fingerprint density at radius 3 is 2.70 bits per heavy atom. The third-order valence-corrected chi connectivity index (χ3v) is 6.06. The SMILES string of the molecule is C/C(=N/NC(=O)C1COc2ccccc2O1)c1ccc2c(c1)Nc1ccccc1S2. The number of amides is 1. The van der Waals surface area contributed by atoms with Crippen molar-refractivity contribution >= 4 is 34.8 Å². The number of carbonyl (C=O) groups is 1. The fourth-order valence-corrected chi connectivity index (χ4v) is 4.26. The molecule has 0 spiro atoms. The van der Waals surface area contributed by atoms with E-state index in [9.17, 15) is 4.79 Å². The van der Waals surface area contributed by atoms with Gasteiger partial charge in [-0.15, -0.1) is 0 Å². The Kier molecular flexibility index (Phi) is 4.80. The molecular formula is C23H19N3O3S. The molecule has 6 nitrogen and oxygen atoms in total. The molecule has 1 amide bonds. The van der Waals surface area contributed by atoms with Crippen LogP contribution in [0.25, 0.3) is 0 Å². The van der Waals surface area contributed by atoms with Gasteiger partial charge in [0.2, 0.25) is 6.10 Å². The van der Waals surface area contributed by atoms with Crippen molar-refractivity contribution < 1.29 is 14.3 Å². The predicted molar refractivity (Wildman–Crippen MR) is 117 cm³/mol. The molecule has 0 radical (unpaired) electrons. The van der Waals surface area contributed by atoms with Gasteiger partial charge in [0.15, 0.2) is 11.5 Å². The molecule has 2 heterocycles. The van der Waals surface area contributed by atoms with Crippen molar-refractivity contribution in [2.75, 3.05) is 11.9 Å². The highest BCUT2D eigenvalue weighted by atomic mass is 32.2. The van der Waals surface area contributed by atoms with Crippen molar-refractivity contribution in [2.24, 2.45) is 5.10 Å². The molecule has 2 aliphatic heterocycles. The summed E-state index contributed by atoms with van der Waals surface area (Å²) in [5, 5.41) is 7.73. The Labute approximate surface area is 178 Å². The van der Waals surface area contributed by atoms with Gasteiger partial charge >= 0.3 is 0 Å². The molecule has 0 fully saturated rings. The minimum Gasteiger partial charge on any atom is -0.485 e. The van der Waals surface area contributed by atoms with E-state index < -0.39 is 6.10 Å². The van der Waals surface area contributed by atoms with E-state index in [4.69, 9.17) is 9.47 Å². The molecule has 2 N–H and O–H groups in total. The van der Waals surface area contributed by atoms with Gasteiger partial charge in [-0.2, -0.15) is 5.10 Å². The van der Waals surface area contributed by atoms with Gasteiger partial charge in [-0.25, -0.2) is 5.43 Å². The summed E-state index contributed by atoms with van der Waals surface area (Å²) in [5.74, 6) is 0.856. The van der Waals surface area contributed by atoms with E-state index in [1.54, 1.807) is 17.8 Å². The summed E-state index contributed by atoms with van der Waals surface area (Å²) in [5.41, 5.74) is 6.34. The van der Waals surface area contributed by atoms with Crippen LogP contribution >= 0.6 is 11.8 Å². The first-order chi connectivity index (χ1) is 14.7. The fourth-order valence-electron chi connectivity index (χ4n) is 3.29. The monoisotopic (exact) mass is 417 g/mol. The Morgan fingerprint density at radius 1 is 1.03 bits per heavy atom. The van der Waals surface area contributed by atoms with E-state index in [-0.39, 0.29) is 12.5 Å². The minimum atomic E-state index is -0.741. The van der Waals surface area contributed by atoms with Crippen LogP contribution in [0.4, 0.5) is 11.4 Å². The molecule has 5 rings (SSSR count). The molecule has 2 aliphatic rings. The Bertz CT molecular complexity index is 1160. The average Bonchev–Trinajstić information content (AvgIpc) is 2.80. The second-order valence-electron chi connectivity index (χ2n) is 6.97. The maximum atomic E-state index is 12.5. The molecule has 3 aromatic carbocycles. The highest BCUT2D eigenvalue weighted by Gasteiger charge is 2.27. The van der Waals surface area contributed by atoms with Crippen molar-refractivity contribution in [1.82, 2.24) is 5.43 Å². The van der Waals surface area contributed by atoms with E-state index in [0.29, 0.717) is 17.2 Å². The standard InChI is InChI=1S/C23H19N3O3S/c1-14(25-26-23(27)20-13-28-18-7-3-4-8-19(18)29-20)15-10-11-22-17(12-15)24-16-6-2-5-9-21(16)30-22/h2-12,20,24H,13H2,1H3,(H,26,27)/b25-14-. The van der Waals surface area contributed by atoms with Crippen LogP contribution in [0.5, 0.6) is 11.5 Å². The number of hydrogen-bond acceptors (Lipinski definition) is 6.